The van der Waals surface area contributed by atoms with Gasteiger partial charge in [0.2, 0.25) is 0 Å². The van der Waals surface area contributed by atoms with Gasteiger partial charge in [0.25, 0.3) is 11.8 Å². The molecule has 0 atom stereocenters. The Morgan fingerprint density at radius 1 is 1.04 bits per heavy atom. The van der Waals surface area contributed by atoms with E-state index in [-0.39, 0.29) is 11.8 Å². The standard InChI is InChI=1S/C15H15N3O2S3/c1-2-21-14-16-17-15(23-14)22-9-5-8-18-12(19)10-6-3-4-7-11(10)13(18)20/h3-4,6-7H,2,5,8-9H2,1H3. The monoisotopic (exact) mass is 365 g/mol. The summed E-state index contributed by atoms with van der Waals surface area (Å²) >= 11 is 4.89. The Bertz CT molecular complexity index is 697. The van der Waals surface area contributed by atoms with Gasteiger partial charge < -0.3 is 0 Å². The molecular weight excluding hydrogens is 350 g/mol. The van der Waals surface area contributed by atoms with E-state index in [0.29, 0.717) is 17.7 Å². The van der Waals surface area contributed by atoms with Crippen molar-refractivity contribution in [1.82, 2.24) is 15.1 Å². The summed E-state index contributed by atoms with van der Waals surface area (Å²) in [5, 5.41) is 8.23. The summed E-state index contributed by atoms with van der Waals surface area (Å²) in [6, 6.07) is 6.98. The quantitative estimate of drug-likeness (QED) is 0.425. The van der Waals surface area contributed by atoms with Crippen LogP contribution in [0, 0.1) is 0 Å². The lowest BCUT2D eigenvalue weighted by Gasteiger charge is -2.12. The van der Waals surface area contributed by atoms with Crippen LogP contribution in [0.15, 0.2) is 32.9 Å². The fourth-order valence-corrected chi connectivity index (χ4v) is 5.17. The van der Waals surface area contributed by atoms with Crippen molar-refractivity contribution in [2.45, 2.75) is 22.0 Å². The predicted molar refractivity (Wildman–Crippen MR) is 93.5 cm³/mol. The number of nitrogens with zero attached hydrogens (tertiary/aromatic N) is 3. The van der Waals surface area contributed by atoms with Crippen LogP contribution < -0.4 is 0 Å². The van der Waals surface area contributed by atoms with Gasteiger partial charge in [-0.2, -0.15) is 0 Å². The van der Waals surface area contributed by atoms with Crippen LogP contribution in [0.1, 0.15) is 34.1 Å². The van der Waals surface area contributed by atoms with E-state index in [4.69, 9.17) is 0 Å². The van der Waals surface area contributed by atoms with Gasteiger partial charge >= 0.3 is 0 Å². The first-order valence-electron chi connectivity index (χ1n) is 7.25. The van der Waals surface area contributed by atoms with Gasteiger partial charge in [-0.25, -0.2) is 0 Å². The minimum Gasteiger partial charge on any atom is -0.274 e. The van der Waals surface area contributed by atoms with Crippen LogP contribution in [-0.4, -0.2) is 45.0 Å². The molecular formula is C15H15N3O2S3. The first-order chi connectivity index (χ1) is 11.2. The molecule has 0 unspecified atom stereocenters. The third kappa shape index (κ3) is 3.59. The van der Waals surface area contributed by atoms with Crippen LogP contribution in [0.4, 0.5) is 0 Å². The van der Waals surface area contributed by atoms with E-state index in [1.807, 2.05) is 0 Å². The van der Waals surface area contributed by atoms with Crippen molar-refractivity contribution in [2.75, 3.05) is 18.1 Å². The Hall–Kier alpha value is -1.38. The molecule has 5 nitrogen and oxygen atoms in total. The maximum atomic E-state index is 12.2. The molecule has 0 N–H and O–H groups in total. The van der Waals surface area contributed by atoms with Crippen LogP contribution >= 0.6 is 34.9 Å². The van der Waals surface area contributed by atoms with Crippen LogP contribution in [0.25, 0.3) is 0 Å². The highest BCUT2D eigenvalue weighted by Gasteiger charge is 2.34. The number of benzene rings is 1. The summed E-state index contributed by atoms with van der Waals surface area (Å²) < 4.78 is 1.92. The minimum absolute atomic E-state index is 0.187. The van der Waals surface area contributed by atoms with Gasteiger partial charge in [0.15, 0.2) is 8.68 Å². The summed E-state index contributed by atoms with van der Waals surface area (Å²) in [6.45, 7) is 2.52. The second-order valence-electron chi connectivity index (χ2n) is 4.78. The fraction of sp³-hybridized carbons (Fsp3) is 0.333. The molecule has 8 heteroatoms. The maximum Gasteiger partial charge on any atom is 0.261 e. The fourth-order valence-electron chi connectivity index (χ4n) is 2.26. The Morgan fingerprint density at radius 3 is 2.26 bits per heavy atom. The first-order valence-corrected chi connectivity index (χ1v) is 10.0. The molecule has 0 fully saturated rings. The summed E-state index contributed by atoms with van der Waals surface area (Å²) in [5.74, 6) is 1.42. The van der Waals surface area contributed by atoms with Gasteiger partial charge in [-0.15, -0.1) is 10.2 Å². The average Bonchev–Trinajstić information content (AvgIpc) is 3.10. The Labute approximate surface area is 146 Å². The largest absolute Gasteiger partial charge is 0.274 e. The van der Waals surface area contributed by atoms with Crippen molar-refractivity contribution in [3.8, 4) is 0 Å². The highest BCUT2D eigenvalue weighted by atomic mass is 32.2. The topological polar surface area (TPSA) is 63.2 Å². The van der Waals surface area contributed by atoms with E-state index in [1.165, 1.54) is 4.90 Å². The molecule has 1 aliphatic heterocycles. The van der Waals surface area contributed by atoms with Gasteiger partial charge in [-0.3, -0.25) is 14.5 Å². The van der Waals surface area contributed by atoms with Crippen LogP contribution in [0.5, 0.6) is 0 Å². The van der Waals surface area contributed by atoms with E-state index in [2.05, 4.69) is 17.1 Å². The number of thioether (sulfide) groups is 2. The molecule has 120 valence electrons. The number of carbonyl (C=O) groups excluding carboxylic acids is 2. The molecule has 2 amide bonds. The highest BCUT2D eigenvalue weighted by Crippen LogP contribution is 2.29. The summed E-state index contributed by atoms with van der Waals surface area (Å²) in [7, 11) is 0. The number of hydrogen-bond donors (Lipinski definition) is 0. The molecule has 1 aliphatic rings. The first kappa shape index (κ1) is 16.5. The number of hydrogen-bond acceptors (Lipinski definition) is 7. The van der Waals surface area contributed by atoms with Crippen LogP contribution in [0.2, 0.25) is 0 Å². The van der Waals surface area contributed by atoms with E-state index in [9.17, 15) is 9.59 Å². The number of fused-ring (bicyclic) bond motifs is 1. The minimum atomic E-state index is -0.187. The van der Waals surface area contributed by atoms with Crippen molar-refractivity contribution in [3.63, 3.8) is 0 Å². The molecule has 3 rings (SSSR count). The van der Waals surface area contributed by atoms with Gasteiger partial charge in [0, 0.05) is 12.3 Å². The summed E-state index contributed by atoms with van der Waals surface area (Å²) in [4.78, 5) is 25.8. The van der Waals surface area contributed by atoms with Gasteiger partial charge in [0.1, 0.15) is 0 Å². The number of amides is 2. The normalized spacial score (nSPS) is 13.7. The number of imide groups is 1. The summed E-state index contributed by atoms with van der Waals surface area (Å²) in [6.07, 6.45) is 0.742. The molecule has 2 aromatic rings. The SMILES string of the molecule is CCSc1nnc(SCCCN2C(=O)c3ccccc3C2=O)s1. The lowest BCUT2D eigenvalue weighted by Crippen LogP contribution is -2.30. The molecule has 0 radical (unpaired) electrons. The van der Waals surface area contributed by atoms with E-state index in [0.717, 1.165) is 26.6 Å². The predicted octanol–water partition coefficient (Wildman–Crippen LogP) is 3.43. The van der Waals surface area contributed by atoms with Crippen LogP contribution in [0.3, 0.4) is 0 Å². The Morgan fingerprint density at radius 2 is 1.65 bits per heavy atom. The third-order valence-electron chi connectivity index (χ3n) is 3.29. The van der Waals surface area contributed by atoms with Crippen LogP contribution in [-0.2, 0) is 0 Å². The lowest BCUT2D eigenvalue weighted by molar-refractivity contribution is 0.0655. The van der Waals surface area contributed by atoms with Crippen molar-refractivity contribution in [2.24, 2.45) is 0 Å². The molecule has 23 heavy (non-hydrogen) atoms. The molecule has 1 aromatic heterocycles. The highest BCUT2D eigenvalue weighted by molar-refractivity contribution is 8.03. The zero-order chi connectivity index (χ0) is 16.2. The number of aromatic nitrogens is 2. The van der Waals surface area contributed by atoms with Gasteiger partial charge in [0.05, 0.1) is 11.1 Å². The zero-order valence-electron chi connectivity index (χ0n) is 12.5. The van der Waals surface area contributed by atoms with Gasteiger partial charge in [-0.1, -0.05) is 53.9 Å². The molecule has 2 heterocycles. The molecule has 0 saturated heterocycles. The lowest BCUT2D eigenvalue weighted by atomic mass is 10.1. The molecule has 0 bridgehead atoms. The van der Waals surface area contributed by atoms with E-state index < -0.39 is 0 Å². The smallest absolute Gasteiger partial charge is 0.261 e. The van der Waals surface area contributed by atoms with E-state index >= 15 is 0 Å². The Balaban J connectivity index is 1.50. The average molecular weight is 366 g/mol. The molecule has 0 aliphatic carbocycles. The molecule has 0 saturated carbocycles. The van der Waals surface area contributed by atoms with Gasteiger partial charge in [-0.05, 0) is 24.3 Å². The second kappa shape index (κ2) is 7.46. The van der Waals surface area contributed by atoms with Crippen molar-refractivity contribution in [3.05, 3.63) is 35.4 Å². The Kier molecular flexibility index (Phi) is 5.34. The van der Waals surface area contributed by atoms with Crippen molar-refractivity contribution < 1.29 is 9.59 Å². The summed E-state index contributed by atoms with van der Waals surface area (Å²) in [5.41, 5.74) is 1.02. The molecule has 0 spiro atoms. The number of carbonyl (C=O) groups is 2. The zero-order valence-corrected chi connectivity index (χ0v) is 15.0. The number of rotatable bonds is 7. The van der Waals surface area contributed by atoms with E-state index in [1.54, 1.807) is 59.1 Å². The van der Waals surface area contributed by atoms with Crippen molar-refractivity contribution >= 4 is 46.7 Å². The maximum absolute atomic E-state index is 12.2. The second-order valence-corrected chi connectivity index (χ2v) is 8.61. The third-order valence-corrected chi connectivity index (χ3v) is 6.44. The molecule has 1 aromatic carbocycles. The van der Waals surface area contributed by atoms with Crippen molar-refractivity contribution in [1.29, 1.82) is 0 Å².